The summed E-state index contributed by atoms with van der Waals surface area (Å²) >= 11 is 0. The molecule has 0 saturated heterocycles. The number of alkyl halides is 3. The van der Waals surface area contributed by atoms with E-state index < -0.39 is 29.9 Å². The minimum atomic E-state index is -4.80. The van der Waals surface area contributed by atoms with Crippen LogP contribution in [0.25, 0.3) is 0 Å². The van der Waals surface area contributed by atoms with Crippen molar-refractivity contribution in [3.8, 4) is 11.8 Å². The van der Waals surface area contributed by atoms with Crippen molar-refractivity contribution >= 4 is 5.97 Å². The van der Waals surface area contributed by atoms with Crippen LogP contribution in [0, 0.1) is 17.7 Å². The molecule has 0 aliphatic carbocycles. The molecule has 0 saturated carbocycles. The molecule has 0 aliphatic heterocycles. The van der Waals surface area contributed by atoms with Gasteiger partial charge in [-0.15, -0.1) is 0 Å². The minimum Gasteiger partial charge on any atom is -0.481 e. The number of halogens is 4. The average molecular weight is 246 g/mol. The standard InChI is InChI=1S/C11H6F4O2/c12-9-5-4-7(2-1-3-10(16)17)6-8(9)11(13,14)15/h4-6H,3H2,(H,16,17). The van der Waals surface area contributed by atoms with Gasteiger partial charge in [-0.2, -0.15) is 13.2 Å². The molecule has 0 heterocycles. The summed E-state index contributed by atoms with van der Waals surface area (Å²) in [5.41, 5.74) is -1.50. The normalized spacial score (nSPS) is 10.6. The highest BCUT2D eigenvalue weighted by Gasteiger charge is 2.34. The first-order valence-electron chi connectivity index (χ1n) is 4.38. The third-order valence-corrected chi connectivity index (χ3v) is 1.74. The van der Waals surface area contributed by atoms with Crippen LogP contribution >= 0.6 is 0 Å². The van der Waals surface area contributed by atoms with E-state index in [0.29, 0.717) is 12.1 Å². The molecule has 1 N–H and O–H groups in total. The highest BCUT2D eigenvalue weighted by molar-refractivity contribution is 5.70. The van der Waals surface area contributed by atoms with Crippen molar-refractivity contribution in [1.82, 2.24) is 0 Å². The van der Waals surface area contributed by atoms with Crippen LogP contribution in [0.4, 0.5) is 17.6 Å². The van der Waals surface area contributed by atoms with Gasteiger partial charge in [0.2, 0.25) is 0 Å². The van der Waals surface area contributed by atoms with Gasteiger partial charge >= 0.3 is 12.1 Å². The van der Waals surface area contributed by atoms with Gasteiger partial charge in [0.1, 0.15) is 12.2 Å². The first-order valence-corrected chi connectivity index (χ1v) is 4.38. The maximum absolute atomic E-state index is 12.9. The summed E-state index contributed by atoms with van der Waals surface area (Å²) in [7, 11) is 0. The molecule has 0 bridgehead atoms. The lowest BCUT2D eigenvalue weighted by molar-refractivity contribution is -0.140. The number of aliphatic carboxylic acids is 1. The average Bonchev–Trinajstić information content (AvgIpc) is 2.18. The quantitative estimate of drug-likeness (QED) is 0.611. The number of rotatable bonds is 1. The van der Waals surface area contributed by atoms with Crippen molar-refractivity contribution in [3.63, 3.8) is 0 Å². The van der Waals surface area contributed by atoms with Crippen molar-refractivity contribution in [2.75, 3.05) is 0 Å². The molecule has 2 nitrogen and oxygen atoms in total. The second-order valence-electron chi connectivity index (χ2n) is 3.06. The van der Waals surface area contributed by atoms with Gasteiger partial charge in [0.25, 0.3) is 0 Å². The Morgan fingerprint density at radius 2 is 2.00 bits per heavy atom. The van der Waals surface area contributed by atoms with Crippen LogP contribution in [-0.4, -0.2) is 11.1 Å². The van der Waals surface area contributed by atoms with E-state index in [0.717, 1.165) is 6.07 Å². The number of benzene rings is 1. The maximum Gasteiger partial charge on any atom is 0.419 e. The summed E-state index contributed by atoms with van der Waals surface area (Å²) in [5.74, 6) is 1.81. The Balaban J connectivity index is 3.04. The summed E-state index contributed by atoms with van der Waals surface area (Å²) < 4.78 is 49.7. The van der Waals surface area contributed by atoms with Crippen LogP contribution in [0.3, 0.4) is 0 Å². The monoisotopic (exact) mass is 246 g/mol. The molecule has 1 aromatic carbocycles. The van der Waals surface area contributed by atoms with Gasteiger partial charge in [-0.3, -0.25) is 4.79 Å². The van der Waals surface area contributed by atoms with Gasteiger partial charge in [0.05, 0.1) is 5.56 Å². The van der Waals surface area contributed by atoms with E-state index in [1.165, 1.54) is 0 Å². The van der Waals surface area contributed by atoms with Gasteiger partial charge in [-0.25, -0.2) is 4.39 Å². The van der Waals surface area contributed by atoms with E-state index in [-0.39, 0.29) is 5.56 Å². The topological polar surface area (TPSA) is 37.3 Å². The summed E-state index contributed by atoms with van der Waals surface area (Å²) in [5, 5.41) is 8.28. The second kappa shape index (κ2) is 4.87. The van der Waals surface area contributed by atoms with Gasteiger partial charge in [0.15, 0.2) is 0 Å². The number of carboxylic acid groups (broad SMARTS) is 1. The summed E-state index contributed by atoms with van der Waals surface area (Å²) in [6.07, 6.45) is -5.28. The van der Waals surface area contributed by atoms with Gasteiger partial charge in [-0.05, 0) is 18.2 Å². The summed E-state index contributed by atoms with van der Waals surface area (Å²) in [6, 6.07) is 2.25. The number of hydrogen-bond acceptors (Lipinski definition) is 1. The van der Waals surface area contributed by atoms with Crippen molar-refractivity contribution in [3.05, 3.63) is 35.1 Å². The van der Waals surface area contributed by atoms with Crippen LogP contribution in [0.2, 0.25) is 0 Å². The second-order valence-corrected chi connectivity index (χ2v) is 3.06. The third-order valence-electron chi connectivity index (χ3n) is 1.74. The zero-order valence-electron chi connectivity index (χ0n) is 8.31. The molecule has 0 aliphatic rings. The predicted molar refractivity (Wildman–Crippen MR) is 50.5 cm³/mol. The smallest absolute Gasteiger partial charge is 0.419 e. The Kier molecular flexibility index (Phi) is 3.73. The van der Waals surface area contributed by atoms with E-state index in [2.05, 4.69) is 11.8 Å². The fourth-order valence-electron chi connectivity index (χ4n) is 1.04. The predicted octanol–water partition coefficient (Wildman–Crippen LogP) is 2.67. The van der Waals surface area contributed by atoms with E-state index in [9.17, 15) is 22.4 Å². The third kappa shape index (κ3) is 3.79. The SMILES string of the molecule is O=C(O)CC#Cc1ccc(F)c(C(F)(F)F)c1. The fraction of sp³-hybridized carbons (Fsp3) is 0.182. The first kappa shape index (κ1) is 13.0. The molecule has 0 aromatic heterocycles. The lowest BCUT2D eigenvalue weighted by Gasteiger charge is -2.07. The zero-order chi connectivity index (χ0) is 13.1. The number of carboxylic acids is 1. The van der Waals surface area contributed by atoms with Gasteiger partial charge in [-0.1, -0.05) is 11.8 Å². The van der Waals surface area contributed by atoms with E-state index in [1.54, 1.807) is 0 Å². The van der Waals surface area contributed by atoms with E-state index in [4.69, 9.17) is 5.11 Å². The van der Waals surface area contributed by atoms with Crippen molar-refractivity contribution in [2.45, 2.75) is 12.6 Å². The Morgan fingerprint density at radius 3 is 2.53 bits per heavy atom. The molecule has 0 amide bonds. The van der Waals surface area contributed by atoms with Crippen molar-refractivity contribution in [1.29, 1.82) is 0 Å². The highest BCUT2D eigenvalue weighted by atomic mass is 19.4. The molecule has 6 heteroatoms. The van der Waals surface area contributed by atoms with Crippen LogP contribution < -0.4 is 0 Å². The summed E-state index contributed by atoms with van der Waals surface area (Å²) in [6.45, 7) is 0. The molecule has 1 aromatic rings. The van der Waals surface area contributed by atoms with Gasteiger partial charge < -0.3 is 5.11 Å². The molecule has 90 valence electrons. The molecule has 0 atom stereocenters. The lowest BCUT2D eigenvalue weighted by Crippen LogP contribution is -2.08. The van der Waals surface area contributed by atoms with Crippen LogP contribution in [0.5, 0.6) is 0 Å². The largest absolute Gasteiger partial charge is 0.481 e. The van der Waals surface area contributed by atoms with Crippen LogP contribution in [0.1, 0.15) is 17.5 Å². The molecule has 0 unspecified atom stereocenters. The number of carbonyl (C=O) groups is 1. The molecule has 0 spiro atoms. The Hall–Kier alpha value is -2.03. The Bertz CT molecular complexity index is 494. The molecule has 17 heavy (non-hydrogen) atoms. The maximum atomic E-state index is 12.9. The molecule has 1 rings (SSSR count). The molecule has 0 radical (unpaired) electrons. The zero-order valence-corrected chi connectivity index (χ0v) is 8.31. The molecular weight excluding hydrogens is 240 g/mol. The van der Waals surface area contributed by atoms with Gasteiger partial charge in [0, 0.05) is 5.56 Å². The number of hydrogen-bond donors (Lipinski definition) is 1. The van der Waals surface area contributed by atoms with Crippen LogP contribution in [0.15, 0.2) is 18.2 Å². The highest BCUT2D eigenvalue weighted by Crippen LogP contribution is 2.31. The first-order chi connectivity index (χ1) is 7.80. The summed E-state index contributed by atoms with van der Waals surface area (Å²) in [4.78, 5) is 10.1. The minimum absolute atomic E-state index is 0.0834. The molecule has 0 fully saturated rings. The van der Waals surface area contributed by atoms with E-state index in [1.807, 2.05) is 0 Å². The lowest BCUT2D eigenvalue weighted by atomic mass is 10.1. The van der Waals surface area contributed by atoms with Crippen molar-refractivity contribution in [2.24, 2.45) is 0 Å². The van der Waals surface area contributed by atoms with Crippen molar-refractivity contribution < 1.29 is 27.5 Å². The molecular formula is C11H6F4O2. The Labute approximate surface area is 93.9 Å². The van der Waals surface area contributed by atoms with E-state index >= 15 is 0 Å². The van der Waals surface area contributed by atoms with Crippen LogP contribution in [-0.2, 0) is 11.0 Å². The Morgan fingerprint density at radius 1 is 1.35 bits per heavy atom. The fourth-order valence-corrected chi connectivity index (χ4v) is 1.04.